The van der Waals surface area contributed by atoms with Crippen LogP contribution < -0.4 is 5.32 Å². The number of amides is 1. The minimum Gasteiger partial charge on any atom is -0.326 e. The first-order chi connectivity index (χ1) is 8.61. The van der Waals surface area contributed by atoms with Gasteiger partial charge in [0.15, 0.2) is 0 Å². The molecule has 1 saturated carbocycles. The fourth-order valence-electron chi connectivity index (χ4n) is 2.14. The second-order valence-electron chi connectivity index (χ2n) is 5.27. The molecule has 1 aromatic carbocycles. The van der Waals surface area contributed by atoms with E-state index in [0.29, 0.717) is 5.92 Å². The van der Waals surface area contributed by atoms with E-state index in [1.807, 2.05) is 12.1 Å². The van der Waals surface area contributed by atoms with Crippen LogP contribution in [-0.4, -0.2) is 11.2 Å². The fourth-order valence-corrected chi connectivity index (χ4v) is 2.51. The van der Waals surface area contributed by atoms with Crippen molar-refractivity contribution in [2.24, 2.45) is 5.41 Å². The zero-order valence-electron chi connectivity index (χ0n) is 11.0. The Labute approximate surface area is 117 Å². The van der Waals surface area contributed by atoms with Crippen LogP contribution in [0.15, 0.2) is 24.3 Å². The molecular weight excluding hydrogens is 290 g/mol. The molecule has 0 aliphatic heterocycles. The molecule has 1 aliphatic carbocycles. The maximum Gasteiger partial charge on any atom is 0.230 e. The predicted octanol–water partition coefficient (Wildman–Crippen LogP) is 4.31. The van der Waals surface area contributed by atoms with Crippen LogP contribution in [0.25, 0.3) is 0 Å². The van der Waals surface area contributed by atoms with Gasteiger partial charge in [-0.2, -0.15) is 0 Å². The van der Waals surface area contributed by atoms with Crippen molar-refractivity contribution in [2.75, 3.05) is 10.6 Å². The van der Waals surface area contributed by atoms with Gasteiger partial charge in [0.05, 0.1) is 0 Å². The highest BCUT2D eigenvalue weighted by molar-refractivity contribution is 9.09. The third-order valence-corrected chi connectivity index (χ3v) is 4.95. The van der Waals surface area contributed by atoms with Gasteiger partial charge in [-0.3, -0.25) is 4.79 Å². The molecule has 0 saturated heterocycles. The number of nitrogens with one attached hydrogen (secondary N) is 1. The van der Waals surface area contributed by atoms with E-state index in [-0.39, 0.29) is 11.3 Å². The molecule has 0 radical (unpaired) electrons. The van der Waals surface area contributed by atoms with E-state index in [2.05, 4.69) is 47.2 Å². The molecule has 18 heavy (non-hydrogen) atoms. The van der Waals surface area contributed by atoms with E-state index in [4.69, 9.17) is 0 Å². The number of hydrogen-bond donors (Lipinski definition) is 1. The summed E-state index contributed by atoms with van der Waals surface area (Å²) in [7, 11) is 0. The average molecular weight is 310 g/mol. The van der Waals surface area contributed by atoms with Gasteiger partial charge in [-0.25, -0.2) is 0 Å². The molecule has 1 atom stereocenters. The second-order valence-corrected chi connectivity index (χ2v) is 5.91. The summed E-state index contributed by atoms with van der Waals surface area (Å²) in [6.07, 6.45) is 3.01. The Balaban J connectivity index is 2.00. The normalized spacial score (nSPS) is 18.2. The molecule has 1 N–H and O–H groups in total. The van der Waals surface area contributed by atoms with Gasteiger partial charge >= 0.3 is 0 Å². The van der Waals surface area contributed by atoms with E-state index >= 15 is 0 Å². The summed E-state index contributed by atoms with van der Waals surface area (Å²) in [5.41, 5.74) is 2.13. The van der Waals surface area contributed by atoms with Crippen LogP contribution >= 0.6 is 15.9 Å². The maximum absolute atomic E-state index is 12.1. The predicted molar refractivity (Wildman–Crippen MR) is 79.2 cm³/mol. The van der Waals surface area contributed by atoms with Crippen molar-refractivity contribution in [3.05, 3.63) is 29.8 Å². The summed E-state index contributed by atoms with van der Waals surface area (Å²) in [6, 6.07) is 8.18. The molecule has 0 bridgehead atoms. The molecule has 1 aliphatic rings. The zero-order valence-corrected chi connectivity index (χ0v) is 12.6. The number of halogens is 1. The van der Waals surface area contributed by atoms with Gasteiger partial charge in [0.25, 0.3) is 0 Å². The van der Waals surface area contributed by atoms with Crippen LogP contribution in [0.2, 0.25) is 0 Å². The molecule has 2 nitrogen and oxygen atoms in total. The van der Waals surface area contributed by atoms with Crippen LogP contribution in [0.3, 0.4) is 0 Å². The zero-order chi connectivity index (χ0) is 13.2. The van der Waals surface area contributed by atoms with E-state index in [1.165, 1.54) is 5.56 Å². The molecule has 0 spiro atoms. The van der Waals surface area contributed by atoms with Gasteiger partial charge in [-0.05, 0) is 42.9 Å². The topological polar surface area (TPSA) is 29.1 Å². The van der Waals surface area contributed by atoms with Gasteiger partial charge < -0.3 is 5.32 Å². The lowest BCUT2D eigenvalue weighted by molar-refractivity contribution is -0.121. The molecular formula is C15H20BrNO. The Kier molecular flexibility index (Phi) is 4.10. The number of hydrogen-bond acceptors (Lipinski definition) is 1. The molecule has 1 fully saturated rings. The van der Waals surface area contributed by atoms with Crippen molar-refractivity contribution in [1.82, 2.24) is 0 Å². The Morgan fingerprint density at radius 3 is 2.44 bits per heavy atom. The van der Waals surface area contributed by atoms with Gasteiger partial charge in [0, 0.05) is 16.4 Å². The minimum atomic E-state index is -0.0676. The quantitative estimate of drug-likeness (QED) is 0.807. The van der Waals surface area contributed by atoms with Crippen LogP contribution in [-0.2, 0) is 4.79 Å². The van der Waals surface area contributed by atoms with E-state index < -0.39 is 0 Å². The van der Waals surface area contributed by atoms with Crippen LogP contribution in [0.1, 0.15) is 44.6 Å². The first kappa shape index (κ1) is 13.6. The Bertz CT molecular complexity index is 423. The highest BCUT2D eigenvalue weighted by Gasteiger charge is 2.47. The van der Waals surface area contributed by atoms with Crippen molar-refractivity contribution in [1.29, 1.82) is 0 Å². The summed E-state index contributed by atoms with van der Waals surface area (Å²) >= 11 is 3.48. The lowest BCUT2D eigenvalue weighted by Crippen LogP contribution is -2.23. The Hall–Kier alpha value is -0.830. The first-order valence-electron chi connectivity index (χ1n) is 6.58. The Morgan fingerprint density at radius 1 is 1.39 bits per heavy atom. The first-order valence-corrected chi connectivity index (χ1v) is 7.71. The molecule has 3 heteroatoms. The molecule has 1 aromatic rings. The summed E-state index contributed by atoms with van der Waals surface area (Å²) in [5.74, 6) is 0.687. The molecule has 1 amide bonds. The third kappa shape index (κ3) is 2.77. The number of alkyl halides is 1. The number of anilines is 1. The fraction of sp³-hybridized carbons (Fsp3) is 0.533. The minimum absolute atomic E-state index is 0.0676. The molecule has 1 unspecified atom stereocenters. The number of carbonyl (C=O) groups excluding carboxylic acids is 1. The standard InChI is InChI=1S/C15H20BrNO/c1-3-15(8-9-15)14(18)17-13-6-4-12(5-7-13)11(2)10-16/h4-7,11H,3,8-10H2,1-2H3,(H,17,18). The number of rotatable bonds is 5. The van der Waals surface area contributed by atoms with Crippen molar-refractivity contribution in [3.63, 3.8) is 0 Å². The monoisotopic (exact) mass is 309 g/mol. The molecule has 2 rings (SSSR count). The Morgan fingerprint density at radius 2 is 2.00 bits per heavy atom. The van der Waals surface area contributed by atoms with E-state index in [1.54, 1.807) is 0 Å². The largest absolute Gasteiger partial charge is 0.326 e. The number of benzene rings is 1. The van der Waals surface area contributed by atoms with Crippen molar-refractivity contribution < 1.29 is 4.79 Å². The highest BCUT2D eigenvalue weighted by atomic mass is 79.9. The van der Waals surface area contributed by atoms with Crippen LogP contribution in [0.5, 0.6) is 0 Å². The lowest BCUT2D eigenvalue weighted by atomic mass is 10.0. The third-order valence-electron chi connectivity index (χ3n) is 3.98. The van der Waals surface area contributed by atoms with Crippen molar-refractivity contribution in [2.45, 2.75) is 39.0 Å². The summed E-state index contributed by atoms with van der Waals surface area (Å²) in [6.45, 7) is 4.27. The summed E-state index contributed by atoms with van der Waals surface area (Å²) in [5, 5.41) is 3.99. The number of carbonyl (C=O) groups is 1. The summed E-state index contributed by atoms with van der Waals surface area (Å²) in [4.78, 5) is 12.1. The van der Waals surface area contributed by atoms with Crippen molar-refractivity contribution in [3.8, 4) is 0 Å². The van der Waals surface area contributed by atoms with Crippen LogP contribution in [0, 0.1) is 5.41 Å². The van der Waals surface area contributed by atoms with E-state index in [0.717, 1.165) is 30.3 Å². The lowest BCUT2D eigenvalue weighted by Gasteiger charge is -2.14. The maximum atomic E-state index is 12.1. The highest BCUT2D eigenvalue weighted by Crippen LogP contribution is 2.49. The van der Waals surface area contributed by atoms with Gasteiger partial charge in [0.2, 0.25) is 5.91 Å². The van der Waals surface area contributed by atoms with E-state index in [9.17, 15) is 4.79 Å². The SMILES string of the molecule is CCC1(C(=O)Nc2ccc(C(C)CBr)cc2)CC1. The average Bonchev–Trinajstić information content (AvgIpc) is 3.19. The van der Waals surface area contributed by atoms with Gasteiger partial charge in [0.1, 0.15) is 0 Å². The van der Waals surface area contributed by atoms with Crippen molar-refractivity contribution >= 4 is 27.5 Å². The second kappa shape index (κ2) is 5.43. The van der Waals surface area contributed by atoms with Gasteiger partial charge in [-0.1, -0.05) is 41.9 Å². The van der Waals surface area contributed by atoms with Gasteiger partial charge in [-0.15, -0.1) is 0 Å². The molecule has 0 aromatic heterocycles. The smallest absolute Gasteiger partial charge is 0.230 e. The molecule has 0 heterocycles. The molecule has 98 valence electrons. The van der Waals surface area contributed by atoms with Crippen LogP contribution in [0.4, 0.5) is 5.69 Å². The summed E-state index contributed by atoms with van der Waals surface area (Å²) < 4.78 is 0.